The van der Waals surface area contributed by atoms with Crippen LogP contribution in [0.4, 0.5) is 0 Å². The second kappa shape index (κ2) is 5.90. The molecule has 5 heteroatoms. The van der Waals surface area contributed by atoms with E-state index in [0.29, 0.717) is 10.6 Å². The van der Waals surface area contributed by atoms with Crippen LogP contribution in [0.1, 0.15) is 12.5 Å². The van der Waals surface area contributed by atoms with E-state index in [1.54, 1.807) is 19.1 Å². The monoisotopic (exact) mass is 257 g/mol. The largest absolute Gasteiger partial charge is 0.212 e. The summed E-state index contributed by atoms with van der Waals surface area (Å²) in [6, 6.07) is 7.16. The van der Waals surface area contributed by atoms with Crippen molar-refractivity contribution in [3.63, 3.8) is 0 Å². The summed E-state index contributed by atoms with van der Waals surface area (Å²) in [5, 5.41) is 0.563. The molecule has 0 fully saturated rings. The van der Waals surface area contributed by atoms with Crippen LogP contribution in [0, 0.1) is 11.8 Å². The molecule has 0 saturated heterocycles. The summed E-state index contributed by atoms with van der Waals surface area (Å²) in [5.74, 6) is 5.57. The van der Waals surface area contributed by atoms with Gasteiger partial charge in [0.15, 0.2) is 0 Å². The number of hydrogen-bond donors (Lipinski definition) is 1. The first kappa shape index (κ1) is 13.0. The Balaban J connectivity index is 2.61. The third kappa shape index (κ3) is 4.23. The van der Waals surface area contributed by atoms with Crippen LogP contribution in [0.5, 0.6) is 0 Å². The fourth-order valence-corrected chi connectivity index (χ4v) is 1.63. The SMILES string of the molecule is CCS(=O)(=O)NCC#Cc1ccccc1Cl. The van der Waals surface area contributed by atoms with Crippen LogP contribution < -0.4 is 4.72 Å². The first-order valence-electron chi connectivity index (χ1n) is 4.76. The third-order valence-electron chi connectivity index (χ3n) is 1.86. The predicted octanol–water partition coefficient (Wildman–Crippen LogP) is 1.63. The molecule has 0 saturated carbocycles. The van der Waals surface area contributed by atoms with Crippen molar-refractivity contribution in [3.05, 3.63) is 34.9 Å². The summed E-state index contributed by atoms with van der Waals surface area (Å²) in [6.07, 6.45) is 0. The number of rotatable bonds is 3. The molecule has 0 aliphatic carbocycles. The van der Waals surface area contributed by atoms with Crippen LogP contribution in [0.3, 0.4) is 0 Å². The average molecular weight is 258 g/mol. The molecule has 0 bridgehead atoms. The van der Waals surface area contributed by atoms with Gasteiger partial charge in [-0.3, -0.25) is 0 Å². The number of halogens is 1. The Bertz CT molecular complexity index is 514. The maximum absolute atomic E-state index is 11.1. The Morgan fingerprint density at radius 2 is 2.06 bits per heavy atom. The summed E-state index contributed by atoms with van der Waals surface area (Å²) in [5.41, 5.74) is 0.694. The van der Waals surface area contributed by atoms with E-state index >= 15 is 0 Å². The topological polar surface area (TPSA) is 46.2 Å². The molecule has 1 rings (SSSR count). The summed E-state index contributed by atoms with van der Waals surface area (Å²) >= 11 is 5.88. The van der Waals surface area contributed by atoms with Crippen molar-refractivity contribution in [1.29, 1.82) is 0 Å². The van der Waals surface area contributed by atoms with Gasteiger partial charge in [-0.1, -0.05) is 35.6 Å². The molecule has 0 radical (unpaired) electrons. The molecule has 1 aromatic rings. The minimum absolute atomic E-state index is 0.0563. The molecule has 86 valence electrons. The van der Waals surface area contributed by atoms with Crippen LogP contribution in [0.25, 0.3) is 0 Å². The van der Waals surface area contributed by atoms with Gasteiger partial charge in [0, 0.05) is 5.56 Å². The molecule has 0 aliphatic heterocycles. The first-order valence-corrected chi connectivity index (χ1v) is 6.79. The number of nitrogens with one attached hydrogen (secondary N) is 1. The molecule has 0 unspecified atom stereocenters. The van der Waals surface area contributed by atoms with Gasteiger partial charge in [0.1, 0.15) is 0 Å². The van der Waals surface area contributed by atoms with E-state index in [2.05, 4.69) is 16.6 Å². The maximum Gasteiger partial charge on any atom is 0.212 e. The fraction of sp³-hybridized carbons (Fsp3) is 0.273. The summed E-state index contributed by atoms with van der Waals surface area (Å²) in [4.78, 5) is 0. The van der Waals surface area contributed by atoms with Crippen molar-refractivity contribution >= 4 is 21.6 Å². The fourth-order valence-electron chi connectivity index (χ4n) is 0.950. The summed E-state index contributed by atoms with van der Waals surface area (Å²) < 4.78 is 24.5. The number of sulfonamides is 1. The van der Waals surface area contributed by atoms with Crippen LogP contribution in [0.15, 0.2) is 24.3 Å². The molecule has 0 aliphatic rings. The lowest BCUT2D eigenvalue weighted by molar-refractivity contribution is 0.587. The van der Waals surface area contributed by atoms with Crippen molar-refractivity contribution in [3.8, 4) is 11.8 Å². The van der Waals surface area contributed by atoms with E-state index in [9.17, 15) is 8.42 Å². The predicted molar refractivity (Wildman–Crippen MR) is 65.8 cm³/mol. The van der Waals surface area contributed by atoms with Gasteiger partial charge >= 0.3 is 0 Å². The zero-order chi connectivity index (χ0) is 12.0. The molecule has 1 N–H and O–H groups in total. The standard InChI is InChI=1S/C11H12ClNO2S/c1-2-16(14,15)13-9-5-7-10-6-3-4-8-11(10)12/h3-4,6,8,13H,2,9H2,1H3. The highest BCUT2D eigenvalue weighted by atomic mass is 35.5. The van der Waals surface area contributed by atoms with E-state index in [4.69, 9.17) is 11.6 Å². The molecule has 16 heavy (non-hydrogen) atoms. The van der Waals surface area contributed by atoms with Crippen LogP contribution in [-0.4, -0.2) is 20.7 Å². The smallest absolute Gasteiger partial charge is 0.212 e. The summed E-state index contributed by atoms with van der Waals surface area (Å²) in [6.45, 7) is 1.67. The van der Waals surface area contributed by atoms with Crippen LogP contribution in [0.2, 0.25) is 5.02 Å². The second-order valence-electron chi connectivity index (χ2n) is 3.01. The van der Waals surface area contributed by atoms with Crippen molar-refractivity contribution in [1.82, 2.24) is 4.72 Å². The number of hydrogen-bond acceptors (Lipinski definition) is 2. The van der Waals surface area contributed by atoms with E-state index < -0.39 is 10.0 Å². The molecule has 3 nitrogen and oxygen atoms in total. The van der Waals surface area contributed by atoms with Crippen LogP contribution >= 0.6 is 11.6 Å². The molecule has 0 spiro atoms. The lowest BCUT2D eigenvalue weighted by Crippen LogP contribution is -2.25. The minimum atomic E-state index is -3.17. The van der Waals surface area contributed by atoms with Gasteiger partial charge in [0.2, 0.25) is 10.0 Å². The molecule has 0 amide bonds. The Labute approximate surface area is 101 Å². The zero-order valence-corrected chi connectivity index (χ0v) is 10.4. The highest BCUT2D eigenvalue weighted by Crippen LogP contribution is 2.12. The van der Waals surface area contributed by atoms with Crippen molar-refractivity contribution in [2.45, 2.75) is 6.92 Å². The normalized spacial score (nSPS) is 10.6. The summed E-state index contributed by atoms with van der Waals surface area (Å²) in [7, 11) is -3.17. The van der Waals surface area contributed by atoms with Gasteiger partial charge in [-0.2, -0.15) is 0 Å². The molecule has 0 atom stereocenters. The zero-order valence-electron chi connectivity index (χ0n) is 8.83. The van der Waals surface area contributed by atoms with E-state index in [1.807, 2.05) is 12.1 Å². The lowest BCUT2D eigenvalue weighted by Gasteiger charge is -1.98. The Morgan fingerprint density at radius 1 is 1.38 bits per heavy atom. The Kier molecular flexibility index (Phi) is 4.81. The Hall–Kier alpha value is -1.02. The third-order valence-corrected chi connectivity index (χ3v) is 3.53. The van der Waals surface area contributed by atoms with Crippen molar-refractivity contribution in [2.24, 2.45) is 0 Å². The number of benzene rings is 1. The maximum atomic E-state index is 11.1. The lowest BCUT2D eigenvalue weighted by atomic mass is 10.2. The molecular formula is C11H12ClNO2S. The molecular weight excluding hydrogens is 246 g/mol. The van der Waals surface area contributed by atoms with E-state index in [0.717, 1.165) is 0 Å². The quantitative estimate of drug-likeness (QED) is 0.837. The van der Waals surface area contributed by atoms with Gasteiger partial charge in [-0.05, 0) is 19.1 Å². The van der Waals surface area contributed by atoms with Gasteiger partial charge in [-0.15, -0.1) is 0 Å². The van der Waals surface area contributed by atoms with Crippen molar-refractivity contribution in [2.75, 3.05) is 12.3 Å². The van der Waals surface area contributed by atoms with Gasteiger partial charge in [0.05, 0.1) is 17.3 Å². The average Bonchev–Trinajstić information content (AvgIpc) is 2.27. The van der Waals surface area contributed by atoms with Gasteiger partial charge in [-0.25, -0.2) is 13.1 Å². The molecule has 1 aromatic carbocycles. The molecule has 0 aromatic heterocycles. The van der Waals surface area contributed by atoms with Gasteiger partial charge in [0.25, 0.3) is 0 Å². The minimum Gasteiger partial charge on any atom is -0.212 e. The van der Waals surface area contributed by atoms with Crippen LogP contribution in [-0.2, 0) is 10.0 Å². The Morgan fingerprint density at radius 3 is 2.69 bits per heavy atom. The highest BCUT2D eigenvalue weighted by Gasteiger charge is 2.02. The van der Waals surface area contributed by atoms with Gasteiger partial charge < -0.3 is 0 Å². The first-order chi connectivity index (χ1) is 7.55. The van der Waals surface area contributed by atoms with E-state index in [1.165, 1.54) is 0 Å². The molecule has 0 heterocycles. The van der Waals surface area contributed by atoms with E-state index in [-0.39, 0.29) is 12.3 Å². The van der Waals surface area contributed by atoms with Crippen molar-refractivity contribution < 1.29 is 8.42 Å². The highest BCUT2D eigenvalue weighted by molar-refractivity contribution is 7.89. The second-order valence-corrected chi connectivity index (χ2v) is 5.51.